The van der Waals surface area contributed by atoms with Gasteiger partial charge in [-0.25, -0.2) is 0 Å². The molecule has 1 aliphatic heterocycles. The summed E-state index contributed by atoms with van der Waals surface area (Å²) in [7, 11) is 0. The lowest BCUT2D eigenvalue weighted by Crippen LogP contribution is -2.53. The van der Waals surface area contributed by atoms with E-state index in [1.807, 2.05) is 4.90 Å². The third-order valence-corrected chi connectivity index (χ3v) is 5.71. The van der Waals surface area contributed by atoms with Gasteiger partial charge >= 0.3 is 0 Å². The van der Waals surface area contributed by atoms with Crippen LogP contribution in [0.1, 0.15) is 17.5 Å². The Labute approximate surface area is 153 Å². The summed E-state index contributed by atoms with van der Waals surface area (Å²) in [5.74, 6) is 0.0342. The van der Waals surface area contributed by atoms with Gasteiger partial charge in [0, 0.05) is 44.5 Å². The minimum atomic E-state index is -0.125. The molecule has 2 aliphatic rings. The van der Waals surface area contributed by atoms with E-state index in [0.29, 0.717) is 6.04 Å². The van der Waals surface area contributed by atoms with Gasteiger partial charge in [0.2, 0.25) is 5.91 Å². The Morgan fingerprint density at radius 3 is 2.46 bits per heavy atom. The lowest BCUT2D eigenvalue weighted by atomic mass is 9.87. The predicted octanol–water partition coefficient (Wildman–Crippen LogP) is 1.55. The molecule has 26 heavy (non-hydrogen) atoms. The molecular formula is C21H25N3O2. The highest BCUT2D eigenvalue weighted by molar-refractivity contribution is 5.76. The van der Waals surface area contributed by atoms with E-state index in [4.69, 9.17) is 0 Å². The van der Waals surface area contributed by atoms with Crippen LogP contribution in [0.4, 0.5) is 0 Å². The molecule has 0 spiro atoms. The fraction of sp³-hybridized carbons (Fsp3) is 0.429. The maximum atomic E-state index is 12.5. The number of amides is 1. The second kappa shape index (κ2) is 7.46. The summed E-state index contributed by atoms with van der Waals surface area (Å²) in [6, 6.07) is 14.3. The summed E-state index contributed by atoms with van der Waals surface area (Å²) in [4.78, 5) is 28.7. The summed E-state index contributed by atoms with van der Waals surface area (Å²) in [6.07, 6.45) is 5.14. The Morgan fingerprint density at radius 2 is 1.69 bits per heavy atom. The largest absolute Gasteiger partial charge is 0.339 e. The normalized spacial score (nSPS) is 20.6. The van der Waals surface area contributed by atoms with Crippen LogP contribution in [0.15, 0.2) is 53.5 Å². The van der Waals surface area contributed by atoms with Crippen molar-refractivity contribution in [2.24, 2.45) is 0 Å². The Bertz CT molecular complexity index is 837. The first-order valence-electron chi connectivity index (χ1n) is 9.45. The van der Waals surface area contributed by atoms with Crippen LogP contribution in [0.2, 0.25) is 0 Å². The lowest BCUT2D eigenvalue weighted by molar-refractivity contribution is -0.134. The number of hydrogen-bond donors (Lipinski definition) is 0. The average molecular weight is 351 g/mol. The summed E-state index contributed by atoms with van der Waals surface area (Å²) < 4.78 is 1.48. The molecular weight excluding hydrogens is 326 g/mol. The second-order valence-corrected chi connectivity index (χ2v) is 7.25. The van der Waals surface area contributed by atoms with Gasteiger partial charge in [-0.15, -0.1) is 0 Å². The molecule has 5 heteroatoms. The van der Waals surface area contributed by atoms with Gasteiger partial charge < -0.3 is 9.47 Å². The van der Waals surface area contributed by atoms with Gasteiger partial charge in [0.05, 0.1) is 0 Å². The van der Waals surface area contributed by atoms with Crippen molar-refractivity contribution in [1.29, 1.82) is 0 Å². The fourth-order valence-electron chi connectivity index (χ4n) is 4.16. The molecule has 136 valence electrons. The molecule has 1 fully saturated rings. The Kier molecular flexibility index (Phi) is 4.89. The summed E-state index contributed by atoms with van der Waals surface area (Å²) in [5.41, 5.74) is 2.84. The van der Waals surface area contributed by atoms with Gasteiger partial charge in [-0.2, -0.15) is 0 Å². The molecule has 0 unspecified atom stereocenters. The van der Waals surface area contributed by atoms with E-state index in [1.165, 1.54) is 28.2 Å². The summed E-state index contributed by atoms with van der Waals surface area (Å²) >= 11 is 0. The van der Waals surface area contributed by atoms with E-state index in [-0.39, 0.29) is 18.0 Å². The number of fused-ring (bicyclic) bond motifs is 1. The SMILES string of the molecule is O=C(Cn1ccccc1=O)N1CCN([C@@H]2CCc3ccccc3C2)CC1. The number of pyridine rings is 1. The van der Waals surface area contributed by atoms with Crippen molar-refractivity contribution in [3.05, 3.63) is 70.1 Å². The Balaban J connectivity index is 1.32. The van der Waals surface area contributed by atoms with Crippen molar-refractivity contribution in [1.82, 2.24) is 14.4 Å². The first-order valence-corrected chi connectivity index (χ1v) is 9.45. The van der Waals surface area contributed by atoms with E-state index < -0.39 is 0 Å². The zero-order chi connectivity index (χ0) is 17.9. The number of rotatable bonds is 3. The van der Waals surface area contributed by atoms with E-state index in [2.05, 4.69) is 29.2 Å². The number of hydrogen-bond acceptors (Lipinski definition) is 3. The number of benzene rings is 1. The second-order valence-electron chi connectivity index (χ2n) is 7.25. The smallest absolute Gasteiger partial charge is 0.250 e. The van der Waals surface area contributed by atoms with Gasteiger partial charge in [-0.3, -0.25) is 14.5 Å². The van der Waals surface area contributed by atoms with Crippen LogP contribution in [-0.2, 0) is 24.2 Å². The van der Waals surface area contributed by atoms with Crippen molar-refractivity contribution >= 4 is 5.91 Å². The van der Waals surface area contributed by atoms with Crippen molar-refractivity contribution in [2.45, 2.75) is 31.8 Å². The monoisotopic (exact) mass is 351 g/mol. The van der Waals surface area contributed by atoms with Crippen molar-refractivity contribution in [3.8, 4) is 0 Å². The Hall–Kier alpha value is -2.40. The average Bonchev–Trinajstić information content (AvgIpc) is 2.69. The highest BCUT2D eigenvalue weighted by atomic mass is 16.2. The quantitative estimate of drug-likeness (QED) is 0.843. The van der Waals surface area contributed by atoms with Gasteiger partial charge in [0.1, 0.15) is 6.54 Å². The zero-order valence-corrected chi connectivity index (χ0v) is 15.0. The first-order chi connectivity index (χ1) is 12.7. The van der Waals surface area contributed by atoms with Crippen molar-refractivity contribution in [3.63, 3.8) is 0 Å². The lowest BCUT2D eigenvalue weighted by Gasteiger charge is -2.41. The van der Waals surface area contributed by atoms with E-state index >= 15 is 0 Å². The fourth-order valence-corrected chi connectivity index (χ4v) is 4.16. The molecule has 0 saturated carbocycles. The van der Waals surface area contributed by atoms with Crippen LogP contribution in [0.3, 0.4) is 0 Å². The maximum Gasteiger partial charge on any atom is 0.250 e. The zero-order valence-electron chi connectivity index (χ0n) is 15.0. The third kappa shape index (κ3) is 3.58. The first kappa shape index (κ1) is 17.0. The van der Waals surface area contributed by atoms with Crippen LogP contribution in [0.25, 0.3) is 0 Å². The number of aryl methyl sites for hydroxylation is 1. The minimum absolute atomic E-state index is 0.0342. The van der Waals surface area contributed by atoms with Crippen LogP contribution >= 0.6 is 0 Å². The Morgan fingerprint density at radius 1 is 0.962 bits per heavy atom. The van der Waals surface area contributed by atoms with Gasteiger partial charge in [-0.1, -0.05) is 30.3 Å². The van der Waals surface area contributed by atoms with E-state index in [1.54, 1.807) is 18.3 Å². The molecule has 1 amide bonds. The van der Waals surface area contributed by atoms with Gasteiger partial charge in [0.15, 0.2) is 0 Å². The number of carbonyl (C=O) groups excluding carboxylic acids is 1. The standard InChI is InChI=1S/C21H25N3O2/c25-20-7-3-4-10-24(20)16-21(26)23-13-11-22(12-14-23)19-9-8-17-5-1-2-6-18(17)15-19/h1-7,10,19H,8-9,11-16H2/t19-/m1/s1. The van der Waals surface area contributed by atoms with Crippen LogP contribution < -0.4 is 5.56 Å². The summed E-state index contributed by atoms with van der Waals surface area (Å²) in [5, 5.41) is 0. The predicted molar refractivity (Wildman–Crippen MR) is 101 cm³/mol. The van der Waals surface area contributed by atoms with E-state index in [9.17, 15) is 9.59 Å². The van der Waals surface area contributed by atoms with Gasteiger partial charge in [0.25, 0.3) is 5.56 Å². The van der Waals surface area contributed by atoms with E-state index in [0.717, 1.165) is 39.0 Å². The van der Waals surface area contributed by atoms with Gasteiger partial charge in [-0.05, 0) is 36.5 Å². The molecule has 0 bridgehead atoms. The number of aromatic nitrogens is 1. The number of nitrogens with zero attached hydrogens (tertiary/aromatic N) is 3. The molecule has 2 heterocycles. The molecule has 1 saturated heterocycles. The van der Waals surface area contributed by atoms with Crippen LogP contribution in [0.5, 0.6) is 0 Å². The van der Waals surface area contributed by atoms with Crippen LogP contribution in [0, 0.1) is 0 Å². The number of piperazine rings is 1. The maximum absolute atomic E-state index is 12.5. The molecule has 0 N–H and O–H groups in total. The molecule has 1 atom stereocenters. The highest BCUT2D eigenvalue weighted by Crippen LogP contribution is 2.25. The number of carbonyl (C=O) groups is 1. The van der Waals surface area contributed by atoms with Crippen LogP contribution in [-0.4, -0.2) is 52.5 Å². The molecule has 2 aromatic rings. The third-order valence-electron chi connectivity index (χ3n) is 5.71. The minimum Gasteiger partial charge on any atom is -0.339 e. The topological polar surface area (TPSA) is 45.6 Å². The molecule has 4 rings (SSSR count). The highest BCUT2D eigenvalue weighted by Gasteiger charge is 2.28. The van der Waals surface area contributed by atoms with Crippen molar-refractivity contribution < 1.29 is 4.79 Å². The molecule has 1 aromatic carbocycles. The molecule has 5 nitrogen and oxygen atoms in total. The molecule has 0 radical (unpaired) electrons. The molecule has 1 aliphatic carbocycles. The van der Waals surface area contributed by atoms with Crippen molar-refractivity contribution in [2.75, 3.05) is 26.2 Å². The molecule has 1 aromatic heterocycles. The summed E-state index contributed by atoms with van der Waals surface area (Å²) in [6.45, 7) is 3.47.